The van der Waals surface area contributed by atoms with Crippen LogP contribution in [0, 0.1) is 16.7 Å². The van der Waals surface area contributed by atoms with Crippen LogP contribution in [-0.2, 0) is 10.3 Å². The van der Waals surface area contributed by atoms with Gasteiger partial charge in [0, 0.05) is 17.3 Å². The van der Waals surface area contributed by atoms with Crippen molar-refractivity contribution in [2.75, 3.05) is 13.2 Å². The minimum absolute atomic E-state index is 0.00482. The average Bonchev–Trinajstić information content (AvgIpc) is 3.25. The van der Waals surface area contributed by atoms with E-state index in [2.05, 4.69) is 20.8 Å². The molecule has 2 aromatic carbocycles. The van der Waals surface area contributed by atoms with Gasteiger partial charge in [0.1, 0.15) is 30.5 Å². The zero-order valence-electron chi connectivity index (χ0n) is 19.8. The molecule has 0 fully saturated rings. The first-order chi connectivity index (χ1) is 17.5. The zero-order chi connectivity index (χ0) is 26.4. The fourth-order valence-corrected chi connectivity index (χ4v) is 4.10. The monoisotopic (exact) mass is 510 g/mol. The molecule has 2 aliphatic heterocycles. The predicted octanol–water partition coefficient (Wildman–Crippen LogP) is 5.27. The molecule has 37 heavy (non-hydrogen) atoms. The molecule has 3 aromatic rings. The molecule has 3 heterocycles. The molecule has 0 amide bonds. The van der Waals surface area contributed by atoms with Gasteiger partial charge in [-0.15, -0.1) is 13.2 Å². The lowest BCUT2D eigenvalue weighted by atomic mass is 9.81. The van der Waals surface area contributed by atoms with Gasteiger partial charge in [0.15, 0.2) is 5.54 Å². The Morgan fingerprint density at radius 2 is 1.78 bits per heavy atom. The molecule has 190 valence electrons. The van der Waals surface area contributed by atoms with Crippen LogP contribution in [0.3, 0.4) is 0 Å². The molecule has 1 atom stereocenters. The van der Waals surface area contributed by atoms with Gasteiger partial charge in [-0.1, -0.05) is 12.1 Å². The van der Waals surface area contributed by atoms with E-state index < -0.39 is 17.3 Å². The first-order valence-corrected chi connectivity index (χ1v) is 11.2. The summed E-state index contributed by atoms with van der Waals surface area (Å²) >= 11 is 0. The van der Waals surface area contributed by atoms with Gasteiger partial charge in [-0.05, 0) is 55.8 Å². The summed E-state index contributed by atoms with van der Waals surface area (Å²) in [6.45, 7) is 3.81. The number of aliphatic imine (C=N–C) groups is 1. The lowest BCUT2D eigenvalue weighted by Crippen LogP contribution is -2.31. The highest BCUT2D eigenvalue weighted by molar-refractivity contribution is 5.77. The Morgan fingerprint density at radius 1 is 1.05 bits per heavy atom. The number of nitriles is 1. The Morgan fingerprint density at radius 3 is 2.43 bits per heavy atom. The van der Waals surface area contributed by atoms with Crippen molar-refractivity contribution >= 4 is 6.02 Å². The number of hydrogen-bond acceptors (Lipinski definition) is 8. The number of benzene rings is 2. The second-order valence-corrected chi connectivity index (χ2v) is 9.29. The van der Waals surface area contributed by atoms with E-state index in [-0.39, 0.29) is 25.0 Å². The third kappa shape index (κ3) is 4.70. The molecule has 0 saturated carbocycles. The van der Waals surface area contributed by atoms with Crippen LogP contribution in [0.15, 0.2) is 59.7 Å². The molecule has 2 N–H and O–H groups in total. The summed E-state index contributed by atoms with van der Waals surface area (Å²) < 4.78 is 59.0. The van der Waals surface area contributed by atoms with Crippen LogP contribution in [0.1, 0.15) is 25.0 Å². The number of aromatic nitrogens is 1. The number of nitrogens with zero attached hydrogens (tertiary/aromatic N) is 3. The summed E-state index contributed by atoms with van der Waals surface area (Å²) in [5.41, 5.74) is 6.61. The van der Waals surface area contributed by atoms with Crippen LogP contribution in [0.2, 0.25) is 0 Å². The maximum absolute atomic E-state index is 12.5. The fourth-order valence-electron chi connectivity index (χ4n) is 4.10. The van der Waals surface area contributed by atoms with Crippen molar-refractivity contribution in [3.63, 3.8) is 0 Å². The van der Waals surface area contributed by atoms with Crippen LogP contribution >= 0.6 is 0 Å². The van der Waals surface area contributed by atoms with E-state index in [1.54, 1.807) is 44.3 Å². The maximum Gasteiger partial charge on any atom is 0.573 e. The van der Waals surface area contributed by atoms with Gasteiger partial charge in [0.05, 0.1) is 17.0 Å². The van der Waals surface area contributed by atoms with Gasteiger partial charge in [-0.3, -0.25) is 0 Å². The van der Waals surface area contributed by atoms with E-state index in [4.69, 9.17) is 19.9 Å². The number of pyridine rings is 1. The van der Waals surface area contributed by atoms with Crippen molar-refractivity contribution in [1.29, 1.82) is 5.26 Å². The summed E-state index contributed by atoms with van der Waals surface area (Å²) in [5, 5.41) is 9.29. The number of rotatable bonds is 5. The van der Waals surface area contributed by atoms with Crippen molar-refractivity contribution < 1.29 is 32.1 Å². The Bertz CT molecular complexity index is 1430. The Labute approximate surface area is 210 Å². The molecule has 0 bridgehead atoms. The van der Waals surface area contributed by atoms with E-state index in [0.29, 0.717) is 39.6 Å². The lowest BCUT2D eigenvalue weighted by Gasteiger charge is -2.33. The van der Waals surface area contributed by atoms with Gasteiger partial charge >= 0.3 is 6.36 Å². The van der Waals surface area contributed by atoms with E-state index in [1.165, 1.54) is 24.3 Å². The predicted molar refractivity (Wildman–Crippen MR) is 126 cm³/mol. The molecule has 8 nitrogen and oxygen atoms in total. The van der Waals surface area contributed by atoms with Gasteiger partial charge in [0.2, 0.25) is 5.88 Å². The number of amidine groups is 1. The standard InChI is InChI=1S/C26H21F3N4O4/c1-24(2,12-30)13-34-18-7-8-21-19(10-18)25(14-35-23(31)33-25)20-9-16(11-32-22(20)36-21)15-3-5-17(6-4-15)37-26(27,28)29/h3-11H,13-14H2,1-2H3,(H2,31,33)/t25-/m0/s1. The zero-order valence-corrected chi connectivity index (χ0v) is 19.8. The second kappa shape index (κ2) is 8.58. The highest BCUT2D eigenvalue weighted by Crippen LogP contribution is 2.51. The molecule has 0 radical (unpaired) electrons. The van der Waals surface area contributed by atoms with E-state index in [0.717, 1.165) is 0 Å². The molecular formula is C26H21F3N4O4. The smallest absolute Gasteiger partial charge is 0.492 e. The summed E-state index contributed by atoms with van der Waals surface area (Å²) in [6, 6.07) is 14.7. The number of halogens is 3. The normalized spacial score (nSPS) is 18.1. The van der Waals surface area contributed by atoms with Crippen molar-refractivity contribution in [2.45, 2.75) is 25.7 Å². The largest absolute Gasteiger partial charge is 0.573 e. The van der Waals surface area contributed by atoms with Crippen molar-refractivity contribution in [1.82, 2.24) is 4.98 Å². The molecule has 0 saturated heterocycles. The van der Waals surface area contributed by atoms with Crippen LogP contribution in [0.25, 0.3) is 11.1 Å². The third-order valence-electron chi connectivity index (χ3n) is 5.95. The topological polar surface area (TPSA) is 112 Å². The molecular weight excluding hydrogens is 489 g/mol. The number of ether oxygens (including phenoxy) is 4. The van der Waals surface area contributed by atoms with Crippen molar-refractivity contribution in [3.05, 3.63) is 65.9 Å². The molecule has 5 rings (SSSR count). The Kier molecular flexibility index (Phi) is 5.62. The third-order valence-corrected chi connectivity index (χ3v) is 5.95. The number of hydrogen-bond donors (Lipinski definition) is 1. The number of alkyl halides is 3. The van der Waals surface area contributed by atoms with E-state index in [1.807, 2.05) is 0 Å². The summed E-state index contributed by atoms with van der Waals surface area (Å²) in [7, 11) is 0. The average molecular weight is 510 g/mol. The first-order valence-electron chi connectivity index (χ1n) is 11.2. The van der Waals surface area contributed by atoms with E-state index in [9.17, 15) is 18.4 Å². The molecule has 1 spiro atoms. The second-order valence-electron chi connectivity index (χ2n) is 9.29. The van der Waals surface area contributed by atoms with Gasteiger partial charge in [0.25, 0.3) is 6.02 Å². The first kappa shape index (κ1) is 24.2. The highest BCUT2D eigenvalue weighted by atomic mass is 19.4. The summed E-state index contributed by atoms with van der Waals surface area (Å²) in [5.74, 6) is 0.980. The maximum atomic E-state index is 12.5. The lowest BCUT2D eigenvalue weighted by molar-refractivity contribution is -0.274. The number of fused-ring (bicyclic) bond motifs is 4. The van der Waals surface area contributed by atoms with Gasteiger partial charge < -0.3 is 24.7 Å². The quantitative estimate of drug-likeness (QED) is 0.498. The number of nitrogens with two attached hydrogens (primary N) is 1. The molecule has 2 aliphatic rings. The van der Waals surface area contributed by atoms with E-state index >= 15 is 0 Å². The molecule has 0 aliphatic carbocycles. The minimum Gasteiger partial charge on any atom is -0.492 e. The highest BCUT2D eigenvalue weighted by Gasteiger charge is 2.48. The van der Waals surface area contributed by atoms with Crippen LogP contribution in [0.5, 0.6) is 23.1 Å². The van der Waals surface area contributed by atoms with Gasteiger partial charge in [-0.2, -0.15) is 5.26 Å². The summed E-state index contributed by atoms with van der Waals surface area (Å²) in [4.78, 5) is 9.07. The van der Waals surface area contributed by atoms with Crippen molar-refractivity contribution in [2.24, 2.45) is 16.1 Å². The van der Waals surface area contributed by atoms with Gasteiger partial charge in [-0.25, -0.2) is 9.98 Å². The SMILES string of the molecule is CC(C)(C#N)COc1ccc2c(c1)[C@@]1(COC(N)=N1)c1cc(-c3ccc(OC(F)(F)F)cc3)cnc1O2. The van der Waals surface area contributed by atoms with Crippen LogP contribution in [0.4, 0.5) is 13.2 Å². The minimum atomic E-state index is -4.78. The molecule has 11 heteroatoms. The molecule has 0 unspecified atom stereocenters. The molecule has 1 aromatic heterocycles. The Balaban J connectivity index is 1.53. The van der Waals surface area contributed by atoms with Crippen molar-refractivity contribution in [3.8, 4) is 40.3 Å². The van der Waals surface area contributed by atoms with Crippen LogP contribution in [-0.4, -0.2) is 30.6 Å². The van der Waals surface area contributed by atoms with Crippen LogP contribution < -0.4 is 19.9 Å². The summed E-state index contributed by atoms with van der Waals surface area (Å²) in [6.07, 6.45) is -3.22. The Hall–Kier alpha value is -4.46. The fraction of sp³-hybridized carbons (Fsp3) is 0.269.